The fraction of sp³-hybridized carbons (Fsp3) is 0.150. The summed E-state index contributed by atoms with van der Waals surface area (Å²) < 4.78 is 42.8. The van der Waals surface area contributed by atoms with Crippen LogP contribution in [0.15, 0.2) is 61.2 Å². The van der Waals surface area contributed by atoms with Crippen LogP contribution in [0.4, 0.5) is 13.2 Å². The maximum absolute atomic E-state index is 13.8. The van der Waals surface area contributed by atoms with E-state index in [1.807, 2.05) is 18.2 Å². The van der Waals surface area contributed by atoms with Crippen LogP contribution in [0.25, 0.3) is 22.2 Å². The van der Waals surface area contributed by atoms with Crippen LogP contribution >= 0.6 is 0 Å². The van der Waals surface area contributed by atoms with E-state index >= 15 is 0 Å². The maximum atomic E-state index is 13.8. The number of hydrogen-bond donors (Lipinski definition) is 0. The zero-order valence-electron chi connectivity index (χ0n) is 14.4. The predicted molar refractivity (Wildman–Crippen MR) is 95.8 cm³/mol. The molecule has 1 aromatic carbocycles. The van der Waals surface area contributed by atoms with E-state index in [1.54, 1.807) is 29.5 Å². The average molecular weight is 368 g/mol. The molecule has 0 saturated carbocycles. The van der Waals surface area contributed by atoms with Crippen molar-refractivity contribution < 1.29 is 13.2 Å². The first-order chi connectivity index (χ1) is 12.9. The highest BCUT2D eigenvalue weighted by molar-refractivity contribution is 5.80. The minimum Gasteiger partial charge on any atom is -0.264 e. The molecule has 136 valence electrons. The van der Waals surface area contributed by atoms with Crippen molar-refractivity contribution in [1.29, 1.82) is 0 Å². The van der Waals surface area contributed by atoms with E-state index in [9.17, 15) is 13.2 Å². The van der Waals surface area contributed by atoms with Gasteiger partial charge in [-0.25, -0.2) is 13.2 Å². The van der Waals surface area contributed by atoms with Crippen molar-refractivity contribution in [2.45, 2.75) is 19.4 Å². The van der Waals surface area contributed by atoms with Crippen LogP contribution in [0.5, 0.6) is 0 Å². The van der Waals surface area contributed by atoms with Crippen LogP contribution in [0.2, 0.25) is 0 Å². The summed E-state index contributed by atoms with van der Waals surface area (Å²) in [5.41, 5.74) is 2.86. The third kappa shape index (κ3) is 3.40. The topological polar surface area (TPSA) is 43.6 Å². The zero-order chi connectivity index (χ0) is 19.0. The molecule has 0 atom stereocenters. The smallest absolute Gasteiger partial charge is 0.264 e. The van der Waals surface area contributed by atoms with Crippen molar-refractivity contribution in [2.75, 3.05) is 0 Å². The van der Waals surface area contributed by atoms with Gasteiger partial charge in [0, 0.05) is 31.1 Å². The first-order valence-electron chi connectivity index (χ1n) is 8.30. The summed E-state index contributed by atoms with van der Waals surface area (Å²) in [5.74, 6) is -4.19. The number of pyridine rings is 2. The number of rotatable bonds is 4. The molecule has 0 unspecified atom stereocenters. The lowest BCUT2D eigenvalue weighted by Crippen LogP contribution is -2.10. The van der Waals surface area contributed by atoms with E-state index in [0.29, 0.717) is 30.1 Å². The Morgan fingerprint density at radius 2 is 1.89 bits per heavy atom. The number of fused-ring (bicyclic) bond motifs is 1. The molecule has 0 N–H and O–H groups in total. The van der Waals surface area contributed by atoms with Crippen LogP contribution in [0.1, 0.15) is 18.1 Å². The molecule has 3 heterocycles. The summed E-state index contributed by atoms with van der Waals surface area (Å²) in [4.78, 5) is 8.44. The standard InChI is InChI=1S/C20H15F3N4/c1-20(22,23)16-7-14(4-5-17(16)21)15-8-19-18(25-10-15)11-26-27(19)12-13-3-2-6-24-9-13/h2-11H,12H2,1H3. The Labute approximate surface area is 153 Å². The second-order valence-electron chi connectivity index (χ2n) is 6.37. The van der Waals surface area contributed by atoms with Crippen molar-refractivity contribution in [3.63, 3.8) is 0 Å². The van der Waals surface area contributed by atoms with Crippen LogP contribution in [-0.4, -0.2) is 19.7 Å². The highest BCUT2D eigenvalue weighted by Gasteiger charge is 2.28. The van der Waals surface area contributed by atoms with Gasteiger partial charge in [-0.15, -0.1) is 0 Å². The first kappa shape index (κ1) is 17.2. The van der Waals surface area contributed by atoms with Gasteiger partial charge in [-0.1, -0.05) is 12.1 Å². The molecule has 0 fully saturated rings. The highest BCUT2D eigenvalue weighted by Crippen LogP contribution is 2.33. The SMILES string of the molecule is CC(F)(F)c1cc(-c2cnc3cnn(Cc4cccnc4)c3c2)ccc1F. The second-order valence-corrected chi connectivity index (χ2v) is 6.37. The van der Waals surface area contributed by atoms with Crippen molar-refractivity contribution >= 4 is 11.0 Å². The Bertz CT molecular complexity index is 1100. The summed E-state index contributed by atoms with van der Waals surface area (Å²) in [6.45, 7) is 1.18. The van der Waals surface area contributed by atoms with Gasteiger partial charge in [-0.05, 0) is 35.4 Å². The zero-order valence-corrected chi connectivity index (χ0v) is 14.4. The quantitative estimate of drug-likeness (QED) is 0.520. The van der Waals surface area contributed by atoms with E-state index in [1.165, 1.54) is 12.1 Å². The molecule has 4 nitrogen and oxygen atoms in total. The largest absolute Gasteiger partial charge is 0.273 e. The van der Waals surface area contributed by atoms with Gasteiger partial charge in [-0.2, -0.15) is 5.10 Å². The van der Waals surface area contributed by atoms with E-state index in [0.717, 1.165) is 17.1 Å². The van der Waals surface area contributed by atoms with Gasteiger partial charge in [0.1, 0.15) is 11.3 Å². The number of nitrogens with zero attached hydrogens (tertiary/aromatic N) is 4. The van der Waals surface area contributed by atoms with Crippen molar-refractivity contribution in [3.8, 4) is 11.1 Å². The van der Waals surface area contributed by atoms with Gasteiger partial charge < -0.3 is 0 Å². The summed E-state index contributed by atoms with van der Waals surface area (Å²) in [6, 6.07) is 9.29. The Hall–Kier alpha value is -3.22. The molecule has 4 rings (SSSR count). The maximum Gasteiger partial charge on any atom is 0.273 e. The molecule has 27 heavy (non-hydrogen) atoms. The molecule has 0 radical (unpaired) electrons. The van der Waals surface area contributed by atoms with Gasteiger partial charge in [0.25, 0.3) is 5.92 Å². The molecular formula is C20H15F3N4. The summed E-state index contributed by atoms with van der Waals surface area (Å²) in [5, 5.41) is 4.34. The molecule has 3 aromatic heterocycles. The van der Waals surface area contributed by atoms with Crippen molar-refractivity contribution in [1.82, 2.24) is 19.7 Å². The second kappa shape index (κ2) is 6.50. The first-order valence-corrected chi connectivity index (χ1v) is 8.30. The number of hydrogen-bond acceptors (Lipinski definition) is 3. The van der Waals surface area contributed by atoms with Gasteiger partial charge in [0.05, 0.1) is 23.8 Å². The molecule has 4 aromatic rings. The lowest BCUT2D eigenvalue weighted by atomic mass is 10.0. The molecular weight excluding hydrogens is 353 g/mol. The number of alkyl halides is 2. The van der Waals surface area contributed by atoms with Gasteiger partial charge in [-0.3, -0.25) is 14.6 Å². The Morgan fingerprint density at radius 3 is 2.63 bits per heavy atom. The summed E-state index contributed by atoms with van der Waals surface area (Å²) >= 11 is 0. The Balaban J connectivity index is 1.77. The third-order valence-corrected chi connectivity index (χ3v) is 4.32. The number of benzene rings is 1. The third-order valence-electron chi connectivity index (χ3n) is 4.32. The average Bonchev–Trinajstić information content (AvgIpc) is 3.04. The van der Waals surface area contributed by atoms with Crippen LogP contribution in [-0.2, 0) is 12.5 Å². The molecule has 0 amide bonds. The molecule has 0 bridgehead atoms. The van der Waals surface area contributed by atoms with E-state index < -0.39 is 17.3 Å². The molecule has 0 aliphatic carbocycles. The normalized spacial score (nSPS) is 11.9. The van der Waals surface area contributed by atoms with Gasteiger partial charge in [0.2, 0.25) is 0 Å². The molecule has 0 aliphatic rings. The minimum atomic E-state index is -3.26. The monoisotopic (exact) mass is 368 g/mol. The molecule has 0 saturated heterocycles. The number of aromatic nitrogens is 4. The van der Waals surface area contributed by atoms with Crippen LogP contribution in [0, 0.1) is 5.82 Å². The fourth-order valence-corrected chi connectivity index (χ4v) is 2.95. The lowest BCUT2D eigenvalue weighted by Gasteiger charge is -2.13. The number of halogens is 3. The minimum absolute atomic E-state index is 0.469. The lowest BCUT2D eigenvalue weighted by molar-refractivity contribution is 0.0138. The van der Waals surface area contributed by atoms with E-state index in [4.69, 9.17) is 0 Å². The Morgan fingerprint density at radius 1 is 1.04 bits per heavy atom. The fourth-order valence-electron chi connectivity index (χ4n) is 2.95. The van der Waals surface area contributed by atoms with Gasteiger partial charge in [0.15, 0.2) is 0 Å². The highest BCUT2D eigenvalue weighted by atomic mass is 19.3. The van der Waals surface area contributed by atoms with Crippen molar-refractivity contribution in [2.24, 2.45) is 0 Å². The van der Waals surface area contributed by atoms with Crippen LogP contribution in [0.3, 0.4) is 0 Å². The molecule has 0 spiro atoms. The summed E-state index contributed by atoms with van der Waals surface area (Å²) in [7, 11) is 0. The van der Waals surface area contributed by atoms with Crippen molar-refractivity contribution in [3.05, 3.63) is 78.1 Å². The Kier molecular flexibility index (Phi) is 4.14. The van der Waals surface area contributed by atoms with Gasteiger partial charge >= 0.3 is 0 Å². The van der Waals surface area contributed by atoms with Crippen LogP contribution < -0.4 is 0 Å². The molecule has 7 heteroatoms. The predicted octanol–water partition coefficient (Wildman–Crippen LogP) is 4.79. The van der Waals surface area contributed by atoms with E-state index in [-0.39, 0.29) is 0 Å². The summed E-state index contributed by atoms with van der Waals surface area (Å²) in [6.07, 6.45) is 6.66. The molecule has 0 aliphatic heterocycles. The van der Waals surface area contributed by atoms with E-state index in [2.05, 4.69) is 15.1 Å².